The number of hydrogen-bond donors (Lipinski definition) is 0. The minimum Gasteiger partial charge on any atom is -0.336 e. The van der Waals surface area contributed by atoms with Gasteiger partial charge >= 0.3 is 0 Å². The maximum Gasteiger partial charge on any atom is 0.255 e. The van der Waals surface area contributed by atoms with Crippen LogP contribution >= 0.6 is 0 Å². The van der Waals surface area contributed by atoms with Gasteiger partial charge in [0.1, 0.15) is 0 Å². The van der Waals surface area contributed by atoms with Crippen molar-refractivity contribution >= 4 is 5.95 Å². The van der Waals surface area contributed by atoms with Gasteiger partial charge in [-0.05, 0) is 17.7 Å². The molecule has 0 fully saturated rings. The molecule has 0 aliphatic carbocycles. The lowest BCUT2D eigenvalue weighted by atomic mass is 10.1. The quantitative estimate of drug-likeness (QED) is 0.745. The summed E-state index contributed by atoms with van der Waals surface area (Å²) in [5.41, 5.74) is 2.85. The van der Waals surface area contributed by atoms with Gasteiger partial charge in [-0.2, -0.15) is 0 Å². The highest BCUT2D eigenvalue weighted by Crippen LogP contribution is 2.23. The zero-order valence-corrected chi connectivity index (χ0v) is 12.6. The average molecular weight is 304 g/mol. The van der Waals surface area contributed by atoms with E-state index in [1.807, 2.05) is 42.5 Å². The number of pyridine rings is 1. The molecule has 0 N–H and O–H groups in total. The summed E-state index contributed by atoms with van der Waals surface area (Å²) in [6.07, 6.45) is 3.57. The number of hydrogen-bond acceptors (Lipinski definition) is 4. The van der Waals surface area contributed by atoms with Crippen LogP contribution in [0.5, 0.6) is 0 Å². The Balaban J connectivity index is 1.73. The zero-order chi connectivity index (χ0) is 15.6. The average Bonchev–Trinajstić information content (AvgIpc) is 3.00. The van der Waals surface area contributed by atoms with E-state index in [9.17, 15) is 4.79 Å². The molecule has 0 unspecified atom stereocenters. The van der Waals surface area contributed by atoms with Gasteiger partial charge in [0.05, 0.1) is 5.69 Å². The molecule has 5 heteroatoms. The summed E-state index contributed by atoms with van der Waals surface area (Å²) in [6, 6.07) is 15.4. The number of fused-ring (bicyclic) bond motifs is 1. The summed E-state index contributed by atoms with van der Waals surface area (Å²) in [5.74, 6) is 0.744. The maximum atomic E-state index is 12.4. The topological polar surface area (TPSA) is 51.0 Å². The molecule has 0 bridgehead atoms. The van der Waals surface area contributed by atoms with E-state index in [-0.39, 0.29) is 5.56 Å². The van der Waals surface area contributed by atoms with E-state index in [2.05, 4.69) is 9.88 Å². The van der Waals surface area contributed by atoms with Crippen LogP contribution < -0.4 is 10.5 Å². The van der Waals surface area contributed by atoms with E-state index in [1.165, 1.54) is 0 Å². The Hall–Kier alpha value is -2.95. The summed E-state index contributed by atoms with van der Waals surface area (Å²) < 4.78 is 1.74. The van der Waals surface area contributed by atoms with Gasteiger partial charge in [0.15, 0.2) is 0 Å². The van der Waals surface area contributed by atoms with Crippen LogP contribution in [0.2, 0.25) is 0 Å². The molecular weight excluding hydrogens is 288 g/mol. The van der Waals surface area contributed by atoms with Crippen molar-refractivity contribution in [1.82, 2.24) is 14.5 Å². The number of anilines is 1. The van der Waals surface area contributed by atoms with Crippen LogP contribution in [0.15, 0.2) is 65.7 Å². The van der Waals surface area contributed by atoms with Gasteiger partial charge in [-0.3, -0.25) is 14.3 Å². The molecule has 23 heavy (non-hydrogen) atoms. The Morgan fingerprint density at radius 2 is 1.78 bits per heavy atom. The van der Waals surface area contributed by atoms with Crippen molar-refractivity contribution in [2.24, 2.45) is 0 Å². The van der Waals surface area contributed by atoms with Gasteiger partial charge in [-0.15, -0.1) is 0 Å². The number of rotatable bonds is 3. The second-order valence-electron chi connectivity index (χ2n) is 5.57. The summed E-state index contributed by atoms with van der Waals surface area (Å²) in [6.45, 7) is 2.21. The van der Waals surface area contributed by atoms with E-state index in [1.54, 1.807) is 23.0 Å². The molecule has 5 nitrogen and oxygen atoms in total. The highest BCUT2D eigenvalue weighted by molar-refractivity contribution is 5.60. The Bertz CT molecular complexity index is 875. The fourth-order valence-corrected chi connectivity index (χ4v) is 2.88. The third-order valence-corrected chi connectivity index (χ3v) is 4.06. The smallest absolute Gasteiger partial charge is 0.255 e. The minimum absolute atomic E-state index is 0.00563. The molecule has 0 saturated carbocycles. The molecule has 114 valence electrons. The van der Waals surface area contributed by atoms with Crippen LogP contribution in [-0.4, -0.2) is 21.1 Å². The molecular formula is C18H16N4O. The monoisotopic (exact) mass is 304 g/mol. The second-order valence-corrected chi connectivity index (χ2v) is 5.57. The summed E-state index contributed by atoms with van der Waals surface area (Å²) >= 11 is 0. The molecule has 0 spiro atoms. The van der Waals surface area contributed by atoms with E-state index < -0.39 is 0 Å². The lowest BCUT2D eigenvalue weighted by Gasteiger charge is -2.17. The summed E-state index contributed by atoms with van der Waals surface area (Å²) in [5, 5.41) is 0. The van der Waals surface area contributed by atoms with E-state index >= 15 is 0 Å². The largest absolute Gasteiger partial charge is 0.336 e. The Kier molecular flexibility index (Phi) is 3.38. The van der Waals surface area contributed by atoms with Gasteiger partial charge in [-0.1, -0.05) is 30.3 Å². The fraction of sp³-hybridized carbons (Fsp3) is 0.167. The normalized spacial score (nSPS) is 13.1. The van der Waals surface area contributed by atoms with Crippen LogP contribution in [0.1, 0.15) is 5.56 Å². The Labute approximate surface area is 133 Å². The predicted octanol–water partition coefficient (Wildman–Crippen LogP) is 2.33. The van der Waals surface area contributed by atoms with Crippen LogP contribution in [-0.2, 0) is 13.1 Å². The first-order valence-corrected chi connectivity index (χ1v) is 7.62. The van der Waals surface area contributed by atoms with Crippen LogP contribution in [0, 0.1) is 0 Å². The molecule has 4 rings (SSSR count). The SMILES string of the molecule is O=c1cc(-c2ccccc2)nc2n1CCN2Cc1ccncc1. The summed E-state index contributed by atoms with van der Waals surface area (Å²) in [4.78, 5) is 23.3. The van der Waals surface area contributed by atoms with Gasteiger partial charge in [0.2, 0.25) is 5.95 Å². The molecule has 1 aliphatic rings. The molecule has 0 atom stereocenters. The first-order valence-electron chi connectivity index (χ1n) is 7.62. The molecule has 1 aromatic carbocycles. The third-order valence-electron chi connectivity index (χ3n) is 4.06. The molecule has 2 aromatic heterocycles. The molecule has 3 aromatic rings. The number of aromatic nitrogens is 3. The molecule has 3 heterocycles. The highest BCUT2D eigenvalue weighted by atomic mass is 16.1. The van der Waals surface area contributed by atoms with Crippen LogP contribution in [0.4, 0.5) is 5.95 Å². The maximum absolute atomic E-state index is 12.4. The van der Waals surface area contributed by atoms with Crippen molar-refractivity contribution in [3.8, 4) is 11.3 Å². The van der Waals surface area contributed by atoms with E-state index in [0.29, 0.717) is 6.54 Å². The highest BCUT2D eigenvalue weighted by Gasteiger charge is 2.22. The van der Waals surface area contributed by atoms with Crippen LogP contribution in [0.25, 0.3) is 11.3 Å². The van der Waals surface area contributed by atoms with E-state index in [0.717, 1.165) is 35.9 Å². The summed E-state index contributed by atoms with van der Waals surface area (Å²) in [7, 11) is 0. The standard InChI is InChI=1S/C18H16N4O/c23-17-12-16(15-4-2-1-3-5-15)20-18-21(10-11-22(17)18)13-14-6-8-19-9-7-14/h1-9,12H,10-11,13H2. The minimum atomic E-state index is 0.00563. The lowest BCUT2D eigenvalue weighted by Crippen LogP contribution is -2.22. The van der Waals surface area contributed by atoms with Gasteiger partial charge < -0.3 is 4.90 Å². The van der Waals surface area contributed by atoms with Crippen LogP contribution in [0.3, 0.4) is 0 Å². The van der Waals surface area contributed by atoms with Gasteiger partial charge in [0, 0.05) is 43.7 Å². The van der Waals surface area contributed by atoms with Crippen molar-refractivity contribution in [3.05, 3.63) is 76.8 Å². The third kappa shape index (κ3) is 2.61. The van der Waals surface area contributed by atoms with Crippen molar-refractivity contribution in [1.29, 1.82) is 0 Å². The van der Waals surface area contributed by atoms with Crippen molar-refractivity contribution < 1.29 is 0 Å². The molecule has 0 saturated heterocycles. The Morgan fingerprint density at radius 1 is 1.00 bits per heavy atom. The Morgan fingerprint density at radius 3 is 2.57 bits per heavy atom. The number of nitrogens with zero attached hydrogens (tertiary/aromatic N) is 4. The molecule has 0 amide bonds. The molecule has 0 radical (unpaired) electrons. The van der Waals surface area contributed by atoms with Gasteiger partial charge in [0.25, 0.3) is 5.56 Å². The number of benzene rings is 1. The first kappa shape index (κ1) is 13.7. The second kappa shape index (κ2) is 5.68. The van der Waals surface area contributed by atoms with E-state index in [4.69, 9.17) is 4.98 Å². The zero-order valence-electron chi connectivity index (χ0n) is 12.6. The van der Waals surface area contributed by atoms with Gasteiger partial charge in [-0.25, -0.2) is 4.98 Å². The molecule has 1 aliphatic heterocycles. The van der Waals surface area contributed by atoms with Crippen molar-refractivity contribution in [3.63, 3.8) is 0 Å². The lowest BCUT2D eigenvalue weighted by molar-refractivity contribution is 0.748. The van der Waals surface area contributed by atoms with Crippen molar-refractivity contribution in [2.75, 3.05) is 11.4 Å². The first-order chi connectivity index (χ1) is 11.3. The predicted molar refractivity (Wildman–Crippen MR) is 89.2 cm³/mol. The fourth-order valence-electron chi connectivity index (χ4n) is 2.88. The van der Waals surface area contributed by atoms with Crippen molar-refractivity contribution in [2.45, 2.75) is 13.1 Å².